The summed E-state index contributed by atoms with van der Waals surface area (Å²) in [6.07, 6.45) is 2.98. The second-order valence-electron chi connectivity index (χ2n) is 4.97. The van der Waals surface area contributed by atoms with E-state index < -0.39 is 0 Å². The Hall–Kier alpha value is -1.34. The largest absolute Gasteiger partial charge is 0.334 e. The van der Waals surface area contributed by atoms with Crippen LogP contribution in [-0.4, -0.2) is 38.3 Å². The maximum atomic E-state index is 12.4. The van der Waals surface area contributed by atoms with E-state index in [1.54, 1.807) is 11.3 Å². The number of rotatable bonds is 5. The maximum Gasteiger partial charge on any atom is 0.233 e. The van der Waals surface area contributed by atoms with Crippen molar-refractivity contribution < 1.29 is 4.79 Å². The molecule has 0 aliphatic carbocycles. The van der Waals surface area contributed by atoms with Crippen LogP contribution in [0.2, 0.25) is 0 Å². The molecule has 0 aromatic carbocycles. The third kappa shape index (κ3) is 3.29. The summed E-state index contributed by atoms with van der Waals surface area (Å²) in [5.41, 5.74) is 0. The zero-order valence-electron chi connectivity index (χ0n) is 11.9. The molecule has 3 rings (SSSR count). The minimum Gasteiger partial charge on any atom is -0.334 e. The average molecular weight is 322 g/mol. The number of carbonyl (C=O) groups excluding carboxylic acids is 1. The molecule has 0 bridgehead atoms. The molecule has 0 radical (unpaired) electrons. The normalized spacial score (nSPS) is 18.3. The number of thioether (sulfide) groups is 1. The molecule has 3 heterocycles. The predicted molar refractivity (Wildman–Crippen MR) is 84.5 cm³/mol. The fourth-order valence-electron chi connectivity index (χ4n) is 2.55. The Morgan fingerprint density at radius 3 is 3.24 bits per heavy atom. The first-order valence-electron chi connectivity index (χ1n) is 7.15. The number of hydrogen-bond donors (Lipinski definition) is 1. The second-order valence-corrected chi connectivity index (χ2v) is 6.89. The molecule has 2 aromatic heterocycles. The van der Waals surface area contributed by atoms with E-state index in [-0.39, 0.29) is 11.9 Å². The van der Waals surface area contributed by atoms with Gasteiger partial charge in [-0.1, -0.05) is 24.8 Å². The average Bonchev–Trinajstić information content (AvgIpc) is 3.24. The summed E-state index contributed by atoms with van der Waals surface area (Å²) in [7, 11) is 0. The van der Waals surface area contributed by atoms with Gasteiger partial charge in [-0.2, -0.15) is 0 Å². The van der Waals surface area contributed by atoms with Crippen LogP contribution in [-0.2, 0) is 11.2 Å². The lowest BCUT2D eigenvalue weighted by molar-refractivity contribution is -0.129. The first-order chi connectivity index (χ1) is 10.3. The van der Waals surface area contributed by atoms with E-state index in [2.05, 4.69) is 32.7 Å². The highest BCUT2D eigenvalue weighted by atomic mass is 32.2. The van der Waals surface area contributed by atoms with E-state index in [1.165, 1.54) is 16.6 Å². The molecular formula is C14H18N4OS2. The summed E-state index contributed by atoms with van der Waals surface area (Å²) in [4.78, 5) is 20.1. The highest BCUT2D eigenvalue weighted by molar-refractivity contribution is 7.99. The van der Waals surface area contributed by atoms with Crippen LogP contribution in [0.15, 0.2) is 22.7 Å². The molecular weight excluding hydrogens is 304 g/mol. The van der Waals surface area contributed by atoms with Crippen LogP contribution in [0.1, 0.15) is 36.5 Å². The molecule has 1 aliphatic heterocycles. The fraction of sp³-hybridized carbons (Fsp3) is 0.500. The summed E-state index contributed by atoms with van der Waals surface area (Å²) in [5.74, 6) is 1.45. The smallest absolute Gasteiger partial charge is 0.233 e. The number of nitrogens with one attached hydrogen (secondary N) is 1. The van der Waals surface area contributed by atoms with Gasteiger partial charge in [0.05, 0.1) is 11.8 Å². The number of likely N-dealkylation sites (tertiary alicyclic amines) is 1. The number of aryl methyl sites for hydroxylation is 1. The van der Waals surface area contributed by atoms with E-state index in [0.29, 0.717) is 10.9 Å². The van der Waals surface area contributed by atoms with Crippen LogP contribution in [0.4, 0.5) is 0 Å². The van der Waals surface area contributed by atoms with E-state index >= 15 is 0 Å². The van der Waals surface area contributed by atoms with Crippen molar-refractivity contribution in [2.75, 3.05) is 12.3 Å². The van der Waals surface area contributed by atoms with Gasteiger partial charge in [0.1, 0.15) is 5.82 Å². The molecule has 7 heteroatoms. The van der Waals surface area contributed by atoms with E-state index in [9.17, 15) is 4.79 Å². The van der Waals surface area contributed by atoms with Crippen molar-refractivity contribution in [3.05, 3.63) is 28.2 Å². The molecule has 0 spiro atoms. The fourth-order valence-corrected chi connectivity index (χ4v) is 4.13. The Morgan fingerprint density at radius 2 is 2.52 bits per heavy atom. The molecule has 1 saturated heterocycles. The molecule has 1 amide bonds. The van der Waals surface area contributed by atoms with Crippen LogP contribution >= 0.6 is 23.1 Å². The minimum absolute atomic E-state index is 0.179. The Labute approximate surface area is 132 Å². The summed E-state index contributed by atoms with van der Waals surface area (Å²) in [6, 6.07) is 4.43. The van der Waals surface area contributed by atoms with E-state index in [1.807, 2.05) is 11.8 Å². The molecule has 0 saturated carbocycles. The number of hydrogen-bond acceptors (Lipinski definition) is 5. The molecule has 1 atom stereocenters. The molecule has 2 aromatic rings. The number of carbonyl (C=O) groups is 1. The van der Waals surface area contributed by atoms with Crippen molar-refractivity contribution in [3.8, 4) is 0 Å². The van der Waals surface area contributed by atoms with Gasteiger partial charge in [-0.05, 0) is 24.3 Å². The number of amides is 1. The number of H-pyrrole nitrogens is 1. The first-order valence-corrected chi connectivity index (χ1v) is 9.01. The number of aromatic nitrogens is 3. The monoisotopic (exact) mass is 322 g/mol. The zero-order chi connectivity index (χ0) is 14.7. The zero-order valence-corrected chi connectivity index (χ0v) is 13.5. The summed E-state index contributed by atoms with van der Waals surface area (Å²) in [5, 5.41) is 9.72. The van der Waals surface area contributed by atoms with Crippen molar-refractivity contribution in [1.29, 1.82) is 0 Å². The summed E-state index contributed by atoms with van der Waals surface area (Å²) in [6.45, 7) is 2.88. The SMILES string of the molecule is CCc1nc(SCC(=O)N2CCCC2c2cccs2)n[nH]1. The van der Waals surface area contributed by atoms with E-state index in [4.69, 9.17) is 0 Å². The highest BCUT2D eigenvalue weighted by Gasteiger charge is 2.30. The van der Waals surface area contributed by atoms with Crippen LogP contribution in [0, 0.1) is 0 Å². The number of nitrogens with zero attached hydrogens (tertiary/aromatic N) is 3. The molecule has 1 fully saturated rings. The Morgan fingerprint density at radius 1 is 1.62 bits per heavy atom. The molecule has 1 unspecified atom stereocenters. The van der Waals surface area contributed by atoms with Gasteiger partial charge >= 0.3 is 0 Å². The summed E-state index contributed by atoms with van der Waals surface area (Å²) >= 11 is 3.14. The lowest BCUT2D eigenvalue weighted by atomic mass is 10.2. The van der Waals surface area contributed by atoms with Crippen LogP contribution in [0.3, 0.4) is 0 Å². The van der Waals surface area contributed by atoms with Crippen molar-refractivity contribution in [2.45, 2.75) is 37.4 Å². The third-order valence-electron chi connectivity index (χ3n) is 3.62. The molecule has 21 heavy (non-hydrogen) atoms. The maximum absolute atomic E-state index is 12.4. The predicted octanol–water partition coefficient (Wildman–Crippen LogP) is 2.88. The van der Waals surface area contributed by atoms with Crippen LogP contribution in [0.5, 0.6) is 0 Å². The molecule has 112 valence electrons. The summed E-state index contributed by atoms with van der Waals surface area (Å²) < 4.78 is 0. The number of aromatic amines is 1. The van der Waals surface area contributed by atoms with Gasteiger partial charge in [0.25, 0.3) is 0 Å². The number of thiophene rings is 1. The Bertz CT molecular complexity index is 596. The van der Waals surface area contributed by atoms with Crippen LogP contribution < -0.4 is 0 Å². The quantitative estimate of drug-likeness (QED) is 0.860. The third-order valence-corrected chi connectivity index (χ3v) is 5.42. The van der Waals surface area contributed by atoms with Gasteiger partial charge in [0, 0.05) is 17.8 Å². The van der Waals surface area contributed by atoms with Gasteiger partial charge in [-0.3, -0.25) is 9.89 Å². The van der Waals surface area contributed by atoms with Gasteiger partial charge in [0.15, 0.2) is 0 Å². The first kappa shape index (κ1) is 14.6. The van der Waals surface area contributed by atoms with E-state index in [0.717, 1.165) is 31.6 Å². The standard InChI is InChI=1S/C14H18N4OS2/c1-2-12-15-14(17-16-12)21-9-13(19)18-7-3-5-10(18)11-6-4-8-20-11/h4,6,8,10H,2-3,5,7,9H2,1H3,(H,15,16,17). The van der Waals surface area contributed by atoms with Gasteiger partial charge in [0.2, 0.25) is 11.1 Å². The van der Waals surface area contributed by atoms with Crippen molar-refractivity contribution in [1.82, 2.24) is 20.1 Å². The molecule has 1 aliphatic rings. The van der Waals surface area contributed by atoms with Crippen molar-refractivity contribution >= 4 is 29.0 Å². The van der Waals surface area contributed by atoms with Gasteiger partial charge in [-0.15, -0.1) is 16.4 Å². The van der Waals surface area contributed by atoms with Crippen molar-refractivity contribution in [3.63, 3.8) is 0 Å². The molecule has 5 nitrogen and oxygen atoms in total. The minimum atomic E-state index is 0.179. The van der Waals surface area contributed by atoms with Gasteiger partial charge < -0.3 is 4.90 Å². The lowest BCUT2D eigenvalue weighted by Gasteiger charge is -2.23. The highest BCUT2D eigenvalue weighted by Crippen LogP contribution is 2.34. The Kier molecular flexibility index (Phi) is 4.60. The lowest BCUT2D eigenvalue weighted by Crippen LogP contribution is -2.31. The van der Waals surface area contributed by atoms with Gasteiger partial charge in [-0.25, -0.2) is 4.98 Å². The van der Waals surface area contributed by atoms with Crippen LogP contribution in [0.25, 0.3) is 0 Å². The van der Waals surface area contributed by atoms with Crippen molar-refractivity contribution in [2.24, 2.45) is 0 Å². The second kappa shape index (κ2) is 6.62. The molecule has 1 N–H and O–H groups in total. The topological polar surface area (TPSA) is 61.9 Å². The Balaban J connectivity index is 1.59.